The Labute approximate surface area is 127 Å². The highest BCUT2D eigenvalue weighted by molar-refractivity contribution is 7.89. The monoisotopic (exact) mass is 311 g/mol. The molecular weight excluding hydrogens is 286 g/mol. The summed E-state index contributed by atoms with van der Waals surface area (Å²) in [4.78, 5) is 2.64. The zero-order valence-corrected chi connectivity index (χ0v) is 13.9. The SMILES string of the molecule is Cc1ccc(S(=O)(=O)N2CCN(C(C)CN)CC2)cc1C. The molecule has 0 aliphatic carbocycles. The molecule has 1 aromatic rings. The van der Waals surface area contributed by atoms with Crippen molar-refractivity contribution >= 4 is 10.0 Å². The van der Waals surface area contributed by atoms with Crippen LogP contribution in [-0.2, 0) is 10.0 Å². The lowest BCUT2D eigenvalue weighted by Crippen LogP contribution is -2.52. The molecule has 1 aromatic carbocycles. The molecule has 1 unspecified atom stereocenters. The first kappa shape index (κ1) is 16.4. The van der Waals surface area contributed by atoms with Gasteiger partial charge in [-0.3, -0.25) is 4.90 Å². The van der Waals surface area contributed by atoms with E-state index in [1.807, 2.05) is 19.9 Å². The Balaban J connectivity index is 2.13. The maximum absolute atomic E-state index is 12.7. The molecule has 1 aliphatic rings. The van der Waals surface area contributed by atoms with Crippen molar-refractivity contribution in [1.82, 2.24) is 9.21 Å². The summed E-state index contributed by atoms with van der Waals surface area (Å²) in [5.74, 6) is 0. The van der Waals surface area contributed by atoms with Crippen LogP contribution in [0.4, 0.5) is 0 Å². The molecule has 0 radical (unpaired) electrons. The van der Waals surface area contributed by atoms with Gasteiger partial charge >= 0.3 is 0 Å². The number of piperazine rings is 1. The average Bonchev–Trinajstić information content (AvgIpc) is 2.49. The second kappa shape index (κ2) is 6.44. The van der Waals surface area contributed by atoms with Gasteiger partial charge in [0.2, 0.25) is 10.0 Å². The number of sulfonamides is 1. The van der Waals surface area contributed by atoms with Crippen molar-refractivity contribution in [3.63, 3.8) is 0 Å². The number of nitrogens with zero attached hydrogens (tertiary/aromatic N) is 2. The van der Waals surface area contributed by atoms with Crippen LogP contribution in [0, 0.1) is 13.8 Å². The minimum Gasteiger partial charge on any atom is -0.329 e. The van der Waals surface area contributed by atoms with E-state index in [-0.39, 0.29) is 0 Å². The first-order valence-electron chi connectivity index (χ1n) is 7.38. The second-order valence-corrected chi connectivity index (χ2v) is 7.71. The Morgan fingerprint density at radius 2 is 1.76 bits per heavy atom. The molecule has 0 aromatic heterocycles. The molecule has 0 spiro atoms. The van der Waals surface area contributed by atoms with E-state index in [0.717, 1.165) is 24.2 Å². The van der Waals surface area contributed by atoms with E-state index >= 15 is 0 Å². The standard InChI is InChI=1S/C15H25N3O2S/c1-12-4-5-15(10-13(12)2)21(19,20)18-8-6-17(7-9-18)14(3)11-16/h4-5,10,14H,6-9,11,16H2,1-3H3. The number of hydrogen-bond acceptors (Lipinski definition) is 4. The molecule has 0 bridgehead atoms. The van der Waals surface area contributed by atoms with Gasteiger partial charge in [-0.15, -0.1) is 0 Å². The zero-order chi connectivity index (χ0) is 15.6. The summed E-state index contributed by atoms with van der Waals surface area (Å²) in [6.45, 7) is 9.13. The number of aryl methyl sites for hydroxylation is 2. The number of benzene rings is 1. The van der Waals surface area contributed by atoms with Gasteiger partial charge < -0.3 is 5.73 Å². The van der Waals surface area contributed by atoms with Crippen molar-refractivity contribution in [2.45, 2.75) is 31.7 Å². The van der Waals surface area contributed by atoms with Crippen molar-refractivity contribution in [3.05, 3.63) is 29.3 Å². The zero-order valence-electron chi connectivity index (χ0n) is 13.0. The normalized spacial score (nSPS) is 19.6. The summed E-state index contributed by atoms with van der Waals surface area (Å²) in [6.07, 6.45) is 0. The van der Waals surface area contributed by atoms with E-state index in [1.54, 1.807) is 16.4 Å². The lowest BCUT2D eigenvalue weighted by atomic mass is 10.1. The van der Waals surface area contributed by atoms with Gasteiger partial charge in [0.25, 0.3) is 0 Å². The van der Waals surface area contributed by atoms with E-state index in [0.29, 0.717) is 30.6 Å². The summed E-state index contributed by atoms with van der Waals surface area (Å²) < 4.78 is 26.9. The molecule has 1 aliphatic heterocycles. The van der Waals surface area contributed by atoms with Crippen molar-refractivity contribution in [3.8, 4) is 0 Å². The fraction of sp³-hybridized carbons (Fsp3) is 0.600. The van der Waals surface area contributed by atoms with Gasteiger partial charge in [0, 0.05) is 38.8 Å². The van der Waals surface area contributed by atoms with Crippen molar-refractivity contribution in [2.24, 2.45) is 5.73 Å². The van der Waals surface area contributed by atoms with Gasteiger partial charge in [0.1, 0.15) is 0 Å². The summed E-state index contributed by atoms with van der Waals surface area (Å²) in [5.41, 5.74) is 7.78. The first-order chi connectivity index (χ1) is 9.86. The third-order valence-electron chi connectivity index (χ3n) is 4.35. The minimum atomic E-state index is -3.38. The van der Waals surface area contributed by atoms with E-state index in [1.165, 1.54) is 0 Å². The van der Waals surface area contributed by atoms with E-state index < -0.39 is 10.0 Å². The quantitative estimate of drug-likeness (QED) is 0.899. The maximum Gasteiger partial charge on any atom is 0.243 e. The average molecular weight is 311 g/mol. The molecule has 2 N–H and O–H groups in total. The maximum atomic E-state index is 12.7. The van der Waals surface area contributed by atoms with Gasteiger partial charge in [0.15, 0.2) is 0 Å². The Kier molecular flexibility index (Phi) is 5.03. The second-order valence-electron chi connectivity index (χ2n) is 5.77. The number of rotatable bonds is 4. The van der Waals surface area contributed by atoms with Crippen LogP contribution >= 0.6 is 0 Å². The summed E-state index contributed by atoms with van der Waals surface area (Å²) in [5, 5.41) is 0. The van der Waals surface area contributed by atoms with E-state index in [9.17, 15) is 8.42 Å². The summed E-state index contributed by atoms with van der Waals surface area (Å²) in [6, 6.07) is 5.64. The fourth-order valence-electron chi connectivity index (χ4n) is 2.56. The topological polar surface area (TPSA) is 66.6 Å². The van der Waals surface area contributed by atoms with Crippen molar-refractivity contribution in [1.29, 1.82) is 0 Å². The lowest BCUT2D eigenvalue weighted by Gasteiger charge is -2.37. The predicted octanol–water partition coefficient (Wildman–Crippen LogP) is 0.957. The van der Waals surface area contributed by atoms with Crippen LogP contribution in [0.5, 0.6) is 0 Å². The Morgan fingerprint density at radius 1 is 1.14 bits per heavy atom. The van der Waals surface area contributed by atoms with Crippen LogP contribution in [0.2, 0.25) is 0 Å². The van der Waals surface area contributed by atoms with Crippen molar-refractivity contribution in [2.75, 3.05) is 32.7 Å². The highest BCUT2D eigenvalue weighted by atomic mass is 32.2. The molecule has 0 amide bonds. The molecule has 2 rings (SSSR count). The van der Waals surface area contributed by atoms with Crippen LogP contribution < -0.4 is 5.73 Å². The molecular formula is C15H25N3O2S. The molecule has 21 heavy (non-hydrogen) atoms. The Bertz CT molecular complexity index is 593. The molecule has 5 nitrogen and oxygen atoms in total. The van der Waals surface area contributed by atoms with Gasteiger partial charge in [-0.1, -0.05) is 6.07 Å². The molecule has 1 fully saturated rings. The van der Waals surface area contributed by atoms with Gasteiger partial charge in [-0.25, -0.2) is 8.42 Å². The van der Waals surface area contributed by atoms with Crippen LogP contribution in [-0.4, -0.2) is 56.4 Å². The summed E-state index contributed by atoms with van der Waals surface area (Å²) in [7, 11) is -3.38. The largest absolute Gasteiger partial charge is 0.329 e. The lowest BCUT2D eigenvalue weighted by molar-refractivity contribution is 0.149. The van der Waals surface area contributed by atoms with E-state index in [2.05, 4.69) is 11.8 Å². The van der Waals surface area contributed by atoms with Crippen molar-refractivity contribution < 1.29 is 8.42 Å². The number of hydrogen-bond donors (Lipinski definition) is 1. The molecule has 118 valence electrons. The third-order valence-corrected chi connectivity index (χ3v) is 6.25. The molecule has 1 saturated heterocycles. The van der Waals surface area contributed by atoms with Gasteiger partial charge in [-0.2, -0.15) is 4.31 Å². The summed E-state index contributed by atoms with van der Waals surface area (Å²) >= 11 is 0. The predicted molar refractivity (Wildman–Crippen MR) is 84.8 cm³/mol. The fourth-order valence-corrected chi connectivity index (χ4v) is 4.07. The smallest absolute Gasteiger partial charge is 0.243 e. The minimum absolute atomic E-state index is 0.302. The molecule has 0 saturated carbocycles. The highest BCUT2D eigenvalue weighted by Crippen LogP contribution is 2.20. The number of nitrogens with two attached hydrogens (primary N) is 1. The Hall–Kier alpha value is -0.950. The van der Waals surface area contributed by atoms with Gasteiger partial charge in [0.05, 0.1) is 4.90 Å². The van der Waals surface area contributed by atoms with Crippen LogP contribution in [0.25, 0.3) is 0 Å². The van der Waals surface area contributed by atoms with Crippen LogP contribution in [0.15, 0.2) is 23.1 Å². The van der Waals surface area contributed by atoms with Crippen LogP contribution in [0.1, 0.15) is 18.1 Å². The molecule has 1 atom stereocenters. The van der Waals surface area contributed by atoms with E-state index in [4.69, 9.17) is 5.73 Å². The van der Waals surface area contributed by atoms with Gasteiger partial charge in [-0.05, 0) is 44.0 Å². The molecule has 6 heteroatoms. The molecule has 1 heterocycles. The Morgan fingerprint density at radius 3 is 2.29 bits per heavy atom. The highest BCUT2D eigenvalue weighted by Gasteiger charge is 2.29. The first-order valence-corrected chi connectivity index (χ1v) is 8.82. The van der Waals surface area contributed by atoms with Crippen LogP contribution in [0.3, 0.4) is 0 Å². The third kappa shape index (κ3) is 3.45.